The fourth-order valence-corrected chi connectivity index (χ4v) is 6.66. The van der Waals surface area contributed by atoms with Crippen LogP contribution in [0.3, 0.4) is 0 Å². The maximum Gasteiger partial charge on any atom is 0.218 e. The minimum absolute atomic E-state index is 0.0205. The highest BCUT2D eigenvalue weighted by molar-refractivity contribution is 7.90. The molecule has 1 saturated heterocycles. The van der Waals surface area contributed by atoms with Crippen LogP contribution in [0.1, 0.15) is 50.2 Å². The van der Waals surface area contributed by atoms with E-state index in [1.807, 2.05) is 44.2 Å². The zero-order chi connectivity index (χ0) is 24.4. The van der Waals surface area contributed by atoms with Crippen molar-refractivity contribution in [2.45, 2.75) is 49.5 Å². The van der Waals surface area contributed by atoms with Gasteiger partial charge in [0.15, 0.2) is 0 Å². The Labute approximate surface area is 209 Å². The average molecular weight is 534 g/mol. The molecule has 2 unspecified atom stereocenters. The van der Waals surface area contributed by atoms with Gasteiger partial charge < -0.3 is 9.66 Å². The molecule has 33 heavy (non-hydrogen) atoms. The van der Waals surface area contributed by atoms with Gasteiger partial charge in [-0.2, -0.15) is 5.14 Å². The Bertz CT molecular complexity index is 1060. The van der Waals surface area contributed by atoms with E-state index in [2.05, 4.69) is 0 Å². The highest BCUT2D eigenvalue weighted by Crippen LogP contribution is 2.45. The van der Waals surface area contributed by atoms with Gasteiger partial charge in [0.05, 0.1) is 15.8 Å². The average Bonchev–Trinajstić information content (AvgIpc) is 2.75. The number of halogens is 2. The number of benzene rings is 2. The molecule has 2 atom stereocenters. The van der Waals surface area contributed by atoms with E-state index in [1.165, 1.54) is 10.4 Å². The van der Waals surface area contributed by atoms with Crippen molar-refractivity contribution in [2.24, 2.45) is 11.1 Å². The molecule has 1 heterocycles. The molecule has 0 spiro atoms. The molecule has 0 aromatic heterocycles. The summed E-state index contributed by atoms with van der Waals surface area (Å²) in [7, 11) is -3.44. The number of nitrogens with zero attached hydrogens (tertiary/aromatic N) is 1. The van der Waals surface area contributed by atoms with Crippen molar-refractivity contribution in [3.8, 4) is 5.75 Å². The zero-order valence-corrected chi connectivity index (χ0v) is 21.9. The van der Waals surface area contributed by atoms with Crippen LogP contribution in [-0.4, -0.2) is 40.2 Å². The predicted octanol–water partition coefficient (Wildman–Crippen LogP) is 4.82. The standard InChI is InChI=1S/C23H30Cl2N2O4S2/c1-23(2,32(26)29)14-19(18-12-20(24)21(25)13-22(18)28)17-8-10-27(11-9-17)33(30,31)15-16-6-4-3-5-7-16/h3-7,12-13,17,19,28H,8-11,14-15,26H2,1-2H3. The summed E-state index contributed by atoms with van der Waals surface area (Å²) in [5.41, 5.74) is 1.37. The number of aromatic hydroxyl groups is 1. The molecule has 0 bridgehead atoms. The Morgan fingerprint density at radius 2 is 1.76 bits per heavy atom. The number of piperidine rings is 1. The van der Waals surface area contributed by atoms with E-state index in [9.17, 15) is 18.1 Å². The van der Waals surface area contributed by atoms with Gasteiger partial charge in [-0.1, -0.05) is 53.5 Å². The summed E-state index contributed by atoms with van der Waals surface area (Å²) in [5, 5.41) is 17.0. The van der Waals surface area contributed by atoms with Gasteiger partial charge >= 0.3 is 0 Å². The molecule has 6 nitrogen and oxygen atoms in total. The molecule has 2 aromatic carbocycles. The molecule has 3 rings (SSSR count). The van der Waals surface area contributed by atoms with E-state index in [4.69, 9.17) is 28.3 Å². The van der Waals surface area contributed by atoms with Crippen LogP contribution < -0.4 is 5.14 Å². The minimum atomic E-state index is -3.44. The highest BCUT2D eigenvalue weighted by Gasteiger charge is 2.40. The Hall–Kier alpha value is -1.00. The highest BCUT2D eigenvalue weighted by atomic mass is 35.5. The molecule has 10 heteroatoms. The molecule has 1 aliphatic rings. The van der Waals surface area contributed by atoms with Crippen molar-refractivity contribution < 1.29 is 18.1 Å². The molecule has 0 aliphatic carbocycles. The molecule has 0 radical (unpaired) electrons. The number of rotatable bonds is 8. The van der Waals surface area contributed by atoms with Crippen LogP contribution in [0.15, 0.2) is 42.5 Å². The largest absolute Gasteiger partial charge is 0.598 e. The topological polar surface area (TPSA) is 107 Å². The number of hydrogen-bond donors (Lipinski definition) is 2. The summed E-state index contributed by atoms with van der Waals surface area (Å²) in [6, 6.07) is 12.2. The Balaban J connectivity index is 1.81. The van der Waals surface area contributed by atoms with Gasteiger partial charge in [-0.3, -0.25) is 0 Å². The molecule has 3 N–H and O–H groups in total. The summed E-state index contributed by atoms with van der Waals surface area (Å²) in [6.07, 6.45) is 1.65. The Morgan fingerprint density at radius 3 is 2.33 bits per heavy atom. The molecule has 0 amide bonds. The first-order chi connectivity index (χ1) is 15.4. The summed E-state index contributed by atoms with van der Waals surface area (Å²) in [6.45, 7) is 4.41. The van der Waals surface area contributed by atoms with E-state index < -0.39 is 26.1 Å². The summed E-state index contributed by atoms with van der Waals surface area (Å²) in [4.78, 5) is 0. The molecule has 182 valence electrons. The first kappa shape index (κ1) is 26.6. The van der Waals surface area contributed by atoms with Gasteiger partial charge in [0.1, 0.15) is 10.5 Å². The van der Waals surface area contributed by atoms with Crippen LogP contribution in [-0.2, 0) is 27.1 Å². The number of nitrogens with two attached hydrogens (primary N) is 1. The first-order valence-corrected chi connectivity index (χ1v) is 14.3. The van der Waals surface area contributed by atoms with Gasteiger partial charge in [0, 0.05) is 36.9 Å². The summed E-state index contributed by atoms with van der Waals surface area (Å²) >= 11 is 10.7. The van der Waals surface area contributed by atoms with Crippen molar-refractivity contribution in [3.63, 3.8) is 0 Å². The zero-order valence-electron chi connectivity index (χ0n) is 18.7. The van der Waals surface area contributed by atoms with Crippen molar-refractivity contribution in [3.05, 3.63) is 63.6 Å². The van der Waals surface area contributed by atoms with Crippen LogP contribution in [0.5, 0.6) is 5.75 Å². The van der Waals surface area contributed by atoms with E-state index in [0.29, 0.717) is 42.9 Å². The van der Waals surface area contributed by atoms with Crippen molar-refractivity contribution >= 4 is 44.6 Å². The van der Waals surface area contributed by atoms with Gasteiger partial charge in [-0.15, -0.1) is 0 Å². The van der Waals surface area contributed by atoms with Gasteiger partial charge in [-0.05, 0) is 55.7 Å². The second-order valence-corrected chi connectivity index (χ2v) is 13.7. The van der Waals surface area contributed by atoms with Gasteiger partial charge in [0.2, 0.25) is 10.0 Å². The number of phenols is 1. The summed E-state index contributed by atoms with van der Waals surface area (Å²) in [5.74, 6) is -0.165. The number of phenolic OH excluding ortho intramolecular Hbond substituents is 1. The van der Waals surface area contributed by atoms with Crippen LogP contribution in [0.4, 0.5) is 0 Å². The normalized spacial score (nSPS) is 18.2. The second kappa shape index (κ2) is 10.7. The van der Waals surface area contributed by atoms with Gasteiger partial charge in [-0.25, -0.2) is 12.7 Å². The first-order valence-electron chi connectivity index (χ1n) is 10.8. The molecule has 2 aromatic rings. The maximum atomic E-state index is 13.0. The van der Waals surface area contributed by atoms with Crippen LogP contribution in [0.25, 0.3) is 0 Å². The molecule has 1 fully saturated rings. The second-order valence-electron chi connectivity index (χ2n) is 9.17. The van der Waals surface area contributed by atoms with Crippen LogP contribution in [0, 0.1) is 5.92 Å². The fourth-order valence-electron chi connectivity index (χ4n) is 4.42. The fraction of sp³-hybridized carbons (Fsp3) is 0.478. The quantitative estimate of drug-likeness (QED) is 0.474. The SMILES string of the molecule is CC(C)(CC(c1cc(Cl)c(Cl)cc1O)C1CCN(S(=O)(=O)Cc2ccccc2)CC1)[S+](N)[O-]. The smallest absolute Gasteiger partial charge is 0.218 e. The number of sulfonamides is 1. The summed E-state index contributed by atoms with van der Waals surface area (Å²) < 4.78 is 38.9. The minimum Gasteiger partial charge on any atom is -0.598 e. The third kappa shape index (κ3) is 6.57. The lowest BCUT2D eigenvalue weighted by atomic mass is 9.75. The lowest BCUT2D eigenvalue weighted by molar-refractivity contribution is 0.228. The molecular formula is C23H30Cl2N2O4S2. The molecule has 1 aliphatic heterocycles. The monoisotopic (exact) mass is 532 g/mol. The van der Waals surface area contributed by atoms with E-state index in [-0.39, 0.29) is 28.4 Å². The lowest BCUT2D eigenvalue weighted by Gasteiger charge is -2.38. The third-order valence-electron chi connectivity index (χ3n) is 6.38. The maximum absolute atomic E-state index is 13.0. The van der Waals surface area contributed by atoms with E-state index >= 15 is 0 Å². The third-order valence-corrected chi connectivity index (χ3v) is 10.2. The molecular weight excluding hydrogens is 503 g/mol. The lowest BCUT2D eigenvalue weighted by Crippen LogP contribution is -2.43. The van der Waals surface area contributed by atoms with E-state index in [1.54, 1.807) is 6.07 Å². The van der Waals surface area contributed by atoms with E-state index in [0.717, 1.165) is 5.56 Å². The number of hydrogen-bond acceptors (Lipinski definition) is 5. The Morgan fingerprint density at radius 1 is 1.18 bits per heavy atom. The van der Waals surface area contributed by atoms with Crippen LogP contribution >= 0.6 is 23.2 Å². The van der Waals surface area contributed by atoms with Crippen molar-refractivity contribution in [2.75, 3.05) is 13.1 Å². The predicted molar refractivity (Wildman–Crippen MR) is 135 cm³/mol. The van der Waals surface area contributed by atoms with Crippen LogP contribution in [0.2, 0.25) is 10.0 Å². The Kier molecular flexibility index (Phi) is 8.65. The molecule has 0 saturated carbocycles. The van der Waals surface area contributed by atoms with Crippen molar-refractivity contribution in [1.82, 2.24) is 4.31 Å². The van der Waals surface area contributed by atoms with Crippen molar-refractivity contribution in [1.29, 1.82) is 0 Å². The van der Waals surface area contributed by atoms with Gasteiger partial charge in [0.25, 0.3) is 0 Å².